The molecule has 4 aromatic rings. The largest absolute Gasteiger partial charge is 0.483 e. The molecule has 0 saturated carbocycles. The van der Waals surface area contributed by atoms with Crippen LogP contribution in [0, 0.1) is 6.92 Å². The zero-order valence-electron chi connectivity index (χ0n) is 16.0. The van der Waals surface area contributed by atoms with Gasteiger partial charge in [-0.15, -0.1) is 0 Å². The van der Waals surface area contributed by atoms with Gasteiger partial charge in [0.1, 0.15) is 12.0 Å². The van der Waals surface area contributed by atoms with Crippen molar-refractivity contribution in [2.45, 2.75) is 20.0 Å². The van der Waals surface area contributed by atoms with E-state index in [1.165, 1.54) is 6.26 Å². The average molecular weight is 388 g/mol. The number of fused-ring (bicyclic) bond motifs is 1. The number of aryl methyl sites for hydroxylation is 1. The molecule has 29 heavy (non-hydrogen) atoms. The summed E-state index contributed by atoms with van der Waals surface area (Å²) in [4.78, 5) is 24.9. The summed E-state index contributed by atoms with van der Waals surface area (Å²) in [5.74, 6) is 0.756. The molecule has 0 radical (unpaired) electrons. The van der Waals surface area contributed by atoms with E-state index in [1.807, 2.05) is 43.3 Å². The van der Waals surface area contributed by atoms with E-state index < -0.39 is 0 Å². The predicted molar refractivity (Wildman–Crippen MR) is 108 cm³/mol. The molecule has 0 fully saturated rings. The van der Waals surface area contributed by atoms with Crippen LogP contribution in [0.15, 0.2) is 65.7 Å². The van der Waals surface area contributed by atoms with Gasteiger partial charge in [-0.25, -0.2) is 4.98 Å². The van der Waals surface area contributed by atoms with Crippen molar-refractivity contribution in [2.24, 2.45) is 0 Å². The molecule has 7 nitrogen and oxygen atoms in total. The molecule has 4 rings (SSSR count). The first-order chi connectivity index (χ1) is 14.2. The summed E-state index contributed by atoms with van der Waals surface area (Å²) in [6.45, 7) is 2.60. The molecule has 1 N–H and O–H groups in total. The maximum absolute atomic E-state index is 12.3. The number of pyridine rings is 2. The second-order valence-corrected chi connectivity index (χ2v) is 6.54. The van der Waals surface area contributed by atoms with Crippen LogP contribution >= 0.6 is 0 Å². The summed E-state index contributed by atoms with van der Waals surface area (Å²) in [6.07, 6.45) is 7.24. The van der Waals surface area contributed by atoms with Gasteiger partial charge in [-0.2, -0.15) is 0 Å². The van der Waals surface area contributed by atoms with E-state index in [0.717, 1.165) is 22.0 Å². The number of carbonyl (C=O) groups is 1. The second kappa shape index (κ2) is 8.52. The highest BCUT2D eigenvalue weighted by atomic mass is 16.5. The fraction of sp³-hybridized carbons (Fsp3) is 0.182. The molecular formula is C22H20N4O3. The van der Waals surface area contributed by atoms with E-state index in [9.17, 15) is 4.79 Å². The highest BCUT2D eigenvalue weighted by Crippen LogP contribution is 2.25. The molecule has 0 aliphatic carbocycles. The quantitative estimate of drug-likeness (QED) is 0.521. The van der Waals surface area contributed by atoms with Gasteiger partial charge < -0.3 is 14.5 Å². The van der Waals surface area contributed by atoms with Crippen molar-refractivity contribution < 1.29 is 13.9 Å². The van der Waals surface area contributed by atoms with Crippen molar-refractivity contribution in [3.8, 4) is 5.75 Å². The van der Waals surface area contributed by atoms with Gasteiger partial charge in [0.15, 0.2) is 12.3 Å². The van der Waals surface area contributed by atoms with Crippen LogP contribution < -0.4 is 10.1 Å². The highest BCUT2D eigenvalue weighted by molar-refractivity contribution is 5.91. The Kier molecular flexibility index (Phi) is 5.47. The molecule has 0 unspecified atom stereocenters. The second-order valence-electron chi connectivity index (χ2n) is 6.54. The van der Waals surface area contributed by atoms with E-state index in [2.05, 4.69) is 20.3 Å². The normalized spacial score (nSPS) is 10.8. The van der Waals surface area contributed by atoms with Crippen LogP contribution in [0.2, 0.25) is 0 Å². The van der Waals surface area contributed by atoms with Crippen molar-refractivity contribution in [3.63, 3.8) is 0 Å². The Balaban J connectivity index is 1.33. The molecule has 0 spiro atoms. The van der Waals surface area contributed by atoms with Crippen LogP contribution in [0.1, 0.15) is 27.6 Å². The first kappa shape index (κ1) is 18.6. The number of rotatable bonds is 7. The van der Waals surface area contributed by atoms with Gasteiger partial charge in [-0.1, -0.05) is 18.2 Å². The molecule has 1 amide bonds. The van der Waals surface area contributed by atoms with E-state index in [0.29, 0.717) is 24.6 Å². The standard InChI is InChI=1S/C22H20N4O3/c1-15-4-3-9-24-18(15)8-11-25-22(27)19-13-29-21(26-19)14-28-20-6-2-5-16-12-23-10-7-17(16)20/h2-7,9-10,12-13H,8,11,14H2,1H3,(H,25,27). The fourth-order valence-electron chi connectivity index (χ4n) is 3.00. The number of benzene rings is 1. The van der Waals surface area contributed by atoms with Crippen LogP contribution in [-0.2, 0) is 13.0 Å². The van der Waals surface area contributed by atoms with Gasteiger partial charge in [0.2, 0.25) is 5.89 Å². The lowest BCUT2D eigenvalue weighted by atomic mass is 10.1. The smallest absolute Gasteiger partial charge is 0.273 e. The summed E-state index contributed by atoms with van der Waals surface area (Å²) in [7, 11) is 0. The third-order valence-corrected chi connectivity index (χ3v) is 4.54. The summed E-state index contributed by atoms with van der Waals surface area (Å²) in [6, 6.07) is 11.5. The first-order valence-corrected chi connectivity index (χ1v) is 9.29. The van der Waals surface area contributed by atoms with Crippen LogP contribution in [-0.4, -0.2) is 27.4 Å². The van der Waals surface area contributed by atoms with E-state index in [4.69, 9.17) is 9.15 Å². The zero-order valence-corrected chi connectivity index (χ0v) is 16.0. The van der Waals surface area contributed by atoms with Crippen molar-refractivity contribution in [1.82, 2.24) is 20.3 Å². The lowest BCUT2D eigenvalue weighted by Gasteiger charge is -2.07. The van der Waals surface area contributed by atoms with Crippen molar-refractivity contribution in [3.05, 3.63) is 84.1 Å². The summed E-state index contributed by atoms with van der Waals surface area (Å²) >= 11 is 0. The van der Waals surface area contributed by atoms with Crippen LogP contribution in [0.5, 0.6) is 5.75 Å². The third kappa shape index (κ3) is 4.40. The number of hydrogen-bond acceptors (Lipinski definition) is 6. The summed E-state index contributed by atoms with van der Waals surface area (Å²) in [5, 5.41) is 4.78. The fourth-order valence-corrected chi connectivity index (χ4v) is 3.00. The monoisotopic (exact) mass is 388 g/mol. The molecule has 3 aromatic heterocycles. The minimum Gasteiger partial charge on any atom is -0.483 e. The zero-order chi connectivity index (χ0) is 20.1. The molecule has 0 aliphatic heterocycles. The van der Waals surface area contributed by atoms with Gasteiger partial charge in [0.25, 0.3) is 5.91 Å². The molecule has 0 aliphatic rings. The average Bonchev–Trinajstić information content (AvgIpc) is 3.23. The minimum atomic E-state index is -0.287. The predicted octanol–water partition coefficient (Wildman–Crippen LogP) is 3.48. The number of nitrogens with one attached hydrogen (secondary N) is 1. The SMILES string of the molecule is Cc1cccnc1CCNC(=O)c1coc(COc2cccc3cnccc23)n1. The van der Waals surface area contributed by atoms with Crippen molar-refractivity contribution in [2.75, 3.05) is 6.54 Å². The minimum absolute atomic E-state index is 0.127. The topological polar surface area (TPSA) is 90.1 Å². The number of carbonyl (C=O) groups excluding carboxylic acids is 1. The van der Waals surface area contributed by atoms with E-state index in [-0.39, 0.29) is 18.2 Å². The Labute approximate surface area is 167 Å². The number of amides is 1. The van der Waals surface area contributed by atoms with Crippen LogP contribution in [0.4, 0.5) is 0 Å². The first-order valence-electron chi connectivity index (χ1n) is 9.29. The summed E-state index contributed by atoms with van der Waals surface area (Å²) in [5.41, 5.74) is 2.29. The lowest BCUT2D eigenvalue weighted by Crippen LogP contribution is -2.26. The molecule has 0 atom stereocenters. The molecule has 3 heterocycles. The molecule has 146 valence electrons. The Bertz CT molecular complexity index is 1130. The van der Waals surface area contributed by atoms with Gasteiger partial charge in [-0.3, -0.25) is 14.8 Å². The number of aromatic nitrogens is 3. The number of nitrogens with zero attached hydrogens (tertiary/aromatic N) is 3. The number of hydrogen-bond donors (Lipinski definition) is 1. The number of oxazole rings is 1. The van der Waals surface area contributed by atoms with Gasteiger partial charge in [-0.05, 0) is 30.7 Å². The molecule has 7 heteroatoms. The molecular weight excluding hydrogens is 368 g/mol. The Hall–Kier alpha value is -3.74. The van der Waals surface area contributed by atoms with E-state index >= 15 is 0 Å². The maximum atomic E-state index is 12.3. The van der Waals surface area contributed by atoms with Gasteiger partial charge >= 0.3 is 0 Å². The Morgan fingerprint density at radius 3 is 3.00 bits per heavy atom. The molecule has 1 aromatic carbocycles. The van der Waals surface area contributed by atoms with Crippen LogP contribution in [0.3, 0.4) is 0 Å². The Morgan fingerprint density at radius 2 is 2.10 bits per heavy atom. The van der Waals surface area contributed by atoms with Gasteiger partial charge in [0, 0.05) is 48.0 Å². The molecule has 0 saturated heterocycles. The third-order valence-electron chi connectivity index (χ3n) is 4.54. The number of ether oxygens (including phenoxy) is 1. The Morgan fingerprint density at radius 1 is 1.17 bits per heavy atom. The van der Waals surface area contributed by atoms with Crippen molar-refractivity contribution in [1.29, 1.82) is 0 Å². The summed E-state index contributed by atoms with van der Waals surface area (Å²) < 4.78 is 11.2. The van der Waals surface area contributed by atoms with Crippen LogP contribution in [0.25, 0.3) is 10.8 Å². The van der Waals surface area contributed by atoms with E-state index in [1.54, 1.807) is 18.6 Å². The highest BCUT2D eigenvalue weighted by Gasteiger charge is 2.13. The molecule has 0 bridgehead atoms. The van der Waals surface area contributed by atoms with Crippen molar-refractivity contribution >= 4 is 16.7 Å². The maximum Gasteiger partial charge on any atom is 0.273 e. The van der Waals surface area contributed by atoms with Gasteiger partial charge in [0.05, 0.1) is 0 Å². The lowest BCUT2D eigenvalue weighted by molar-refractivity contribution is 0.0949.